The van der Waals surface area contributed by atoms with Crippen LogP contribution in [0.2, 0.25) is 0 Å². The highest BCUT2D eigenvalue weighted by Gasteiger charge is 2.48. The van der Waals surface area contributed by atoms with Gasteiger partial charge in [0, 0.05) is 23.5 Å². The molecule has 0 aliphatic carbocycles. The Kier molecular flexibility index (Phi) is 5.24. The lowest BCUT2D eigenvalue weighted by molar-refractivity contribution is -0.141. The van der Waals surface area contributed by atoms with Crippen molar-refractivity contribution in [3.63, 3.8) is 0 Å². The van der Waals surface area contributed by atoms with Gasteiger partial charge in [-0.25, -0.2) is 0 Å². The molecule has 23 heavy (non-hydrogen) atoms. The van der Waals surface area contributed by atoms with Crippen LogP contribution in [0.5, 0.6) is 0 Å². The molecule has 0 spiro atoms. The molecule has 1 aromatic carbocycles. The van der Waals surface area contributed by atoms with E-state index in [1.807, 2.05) is 30.3 Å². The van der Waals surface area contributed by atoms with Crippen molar-refractivity contribution in [1.82, 2.24) is 4.90 Å². The fourth-order valence-corrected chi connectivity index (χ4v) is 3.16. The molecule has 1 aromatic rings. The monoisotopic (exact) mass is 315 g/mol. The number of ether oxygens (including phenoxy) is 1. The lowest BCUT2D eigenvalue weighted by Gasteiger charge is -2.26. The number of hydrogen-bond donors (Lipinski definition) is 0. The number of likely N-dealkylation sites (tertiary alicyclic amines) is 1. The molecule has 124 valence electrons. The maximum absolute atomic E-state index is 12.8. The molecule has 4 nitrogen and oxygen atoms in total. The van der Waals surface area contributed by atoms with Gasteiger partial charge in [-0.05, 0) is 18.4 Å². The number of carbonyl (C=O) groups is 2. The molecule has 1 aliphatic rings. The molecule has 4 heteroatoms. The quantitative estimate of drug-likeness (QED) is 0.755. The van der Waals surface area contributed by atoms with Gasteiger partial charge in [0.05, 0.1) is 13.7 Å². The van der Waals surface area contributed by atoms with Crippen molar-refractivity contribution >= 4 is 11.9 Å². The Bertz CT molecular complexity index is 592. The third kappa shape index (κ3) is 3.63. The molecule has 1 fully saturated rings. The van der Waals surface area contributed by atoms with Crippen LogP contribution < -0.4 is 0 Å². The second-order valence-electron chi connectivity index (χ2n) is 6.60. The Labute approximate surface area is 138 Å². The highest BCUT2D eigenvalue weighted by Crippen LogP contribution is 2.46. The van der Waals surface area contributed by atoms with Gasteiger partial charge < -0.3 is 9.64 Å². The number of nitrogens with zero attached hydrogens (tertiary/aromatic N) is 1. The number of benzene rings is 1. The highest BCUT2D eigenvalue weighted by molar-refractivity contribution is 5.85. The number of methoxy groups -OCH3 is 1. The topological polar surface area (TPSA) is 46.6 Å². The third-order valence-corrected chi connectivity index (χ3v) is 4.79. The zero-order chi connectivity index (χ0) is 17.0. The molecule has 1 amide bonds. The minimum absolute atomic E-state index is 0.105. The molecule has 1 aliphatic heterocycles. The molecule has 0 bridgehead atoms. The first kappa shape index (κ1) is 17.3. The van der Waals surface area contributed by atoms with E-state index < -0.39 is 0 Å². The third-order valence-electron chi connectivity index (χ3n) is 4.79. The summed E-state index contributed by atoms with van der Waals surface area (Å²) in [6.45, 7) is 8.82. The average molecular weight is 315 g/mol. The Morgan fingerprint density at radius 1 is 1.30 bits per heavy atom. The Morgan fingerprint density at radius 2 is 1.96 bits per heavy atom. The number of carbonyl (C=O) groups excluding carboxylic acids is 2. The van der Waals surface area contributed by atoms with Crippen molar-refractivity contribution < 1.29 is 14.3 Å². The molecule has 1 heterocycles. The van der Waals surface area contributed by atoms with E-state index in [1.165, 1.54) is 7.11 Å². The first-order chi connectivity index (χ1) is 10.9. The first-order valence-corrected chi connectivity index (χ1v) is 7.99. The van der Waals surface area contributed by atoms with Crippen molar-refractivity contribution in [2.45, 2.75) is 39.7 Å². The van der Waals surface area contributed by atoms with E-state index in [0.29, 0.717) is 25.8 Å². The maximum Gasteiger partial charge on any atom is 0.305 e. The molecular formula is C19H25NO3. The summed E-state index contributed by atoms with van der Waals surface area (Å²) in [6, 6.07) is 9.93. The summed E-state index contributed by atoms with van der Waals surface area (Å²) in [4.78, 5) is 25.9. The van der Waals surface area contributed by atoms with E-state index in [1.54, 1.807) is 4.90 Å². The molecule has 0 N–H and O–H groups in total. The highest BCUT2D eigenvalue weighted by atomic mass is 16.5. The van der Waals surface area contributed by atoms with Gasteiger partial charge in [-0.2, -0.15) is 0 Å². The van der Waals surface area contributed by atoms with E-state index in [-0.39, 0.29) is 23.2 Å². The lowest BCUT2D eigenvalue weighted by Crippen LogP contribution is -2.26. The van der Waals surface area contributed by atoms with Crippen LogP contribution in [0, 0.1) is 11.3 Å². The van der Waals surface area contributed by atoms with Crippen LogP contribution in [0.1, 0.15) is 38.7 Å². The summed E-state index contributed by atoms with van der Waals surface area (Å²) < 4.78 is 4.66. The van der Waals surface area contributed by atoms with Crippen molar-refractivity contribution in [3.05, 3.63) is 48.2 Å². The summed E-state index contributed by atoms with van der Waals surface area (Å²) >= 11 is 0. The first-order valence-electron chi connectivity index (χ1n) is 7.99. The van der Waals surface area contributed by atoms with E-state index in [9.17, 15) is 9.59 Å². The van der Waals surface area contributed by atoms with Gasteiger partial charge in [-0.15, -0.1) is 0 Å². The molecule has 0 radical (unpaired) electrons. The number of amides is 1. The van der Waals surface area contributed by atoms with Crippen molar-refractivity contribution in [2.24, 2.45) is 11.3 Å². The average Bonchev–Trinajstić information content (AvgIpc) is 2.70. The SMILES string of the molecule is C=C1N(Cc2ccccc2)C(=O)C(CCCC(=O)OC)C1(C)C. The summed E-state index contributed by atoms with van der Waals surface area (Å²) in [5.74, 6) is -0.259. The van der Waals surface area contributed by atoms with Crippen LogP contribution >= 0.6 is 0 Å². The van der Waals surface area contributed by atoms with Gasteiger partial charge in [0.15, 0.2) is 0 Å². The van der Waals surface area contributed by atoms with Gasteiger partial charge >= 0.3 is 5.97 Å². The largest absolute Gasteiger partial charge is 0.469 e. The molecule has 1 saturated heterocycles. The molecule has 1 atom stereocenters. The van der Waals surface area contributed by atoms with Gasteiger partial charge in [0.25, 0.3) is 0 Å². The van der Waals surface area contributed by atoms with Gasteiger partial charge in [-0.3, -0.25) is 9.59 Å². The van der Waals surface area contributed by atoms with Crippen molar-refractivity contribution in [3.8, 4) is 0 Å². The van der Waals surface area contributed by atoms with Crippen LogP contribution in [-0.2, 0) is 20.9 Å². The number of allylic oxidation sites excluding steroid dienone is 1. The number of rotatable bonds is 6. The van der Waals surface area contributed by atoms with Crippen LogP contribution in [-0.4, -0.2) is 23.9 Å². The van der Waals surface area contributed by atoms with E-state index in [0.717, 1.165) is 11.3 Å². The normalized spacial score (nSPS) is 20.0. The lowest BCUT2D eigenvalue weighted by atomic mass is 9.77. The summed E-state index contributed by atoms with van der Waals surface area (Å²) in [6.07, 6.45) is 1.67. The van der Waals surface area contributed by atoms with Gasteiger partial charge in [0.1, 0.15) is 0 Å². The van der Waals surface area contributed by atoms with Crippen LogP contribution in [0.15, 0.2) is 42.6 Å². The summed E-state index contributed by atoms with van der Waals surface area (Å²) in [7, 11) is 1.39. The van der Waals surface area contributed by atoms with Crippen LogP contribution in [0.25, 0.3) is 0 Å². The van der Waals surface area contributed by atoms with Crippen molar-refractivity contribution in [1.29, 1.82) is 0 Å². The minimum Gasteiger partial charge on any atom is -0.469 e. The van der Waals surface area contributed by atoms with E-state index >= 15 is 0 Å². The minimum atomic E-state index is -0.290. The molecule has 1 unspecified atom stereocenters. The Morgan fingerprint density at radius 3 is 2.57 bits per heavy atom. The van der Waals surface area contributed by atoms with Crippen LogP contribution in [0.3, 0.4) is 0 Å². The molecule has 2 rings (SSSR count). The zero-order valence-corrected chi connectivity index (χ0v) is 14.2. The summed E-state index contributed by atoms with van der Waals surface area (Å²) in [5.41, 5.74) is 1.66. The Hall–Kier alpha value is -2.10. The Balaban J connectivity index is 2.07. The second-order valence-corrected chi connectivity index (χ2v) is 6.60. The molecule has 0 aromatic heterocycles. The summed E-state index contributed by atoms with van der Waals surface area (Å²) in [5, 5.41) is 0. The fraction of sp³-hybridized carbons (Fsp3) is 0.474. The molecular weight excluding hydrogens is 290 g/mol. The molecule has 0 saturated carbocycles. The second kappa shape index (κ2) is 6.99. The van der Waals surface area contributed by atoms with Crippen molar-refractivity contribution in [2.75, 3.05) is 7.11 Å². The predicted octanol–water partition coefficient (Wildman–Crippen LogP) is 3.53. The standard InChI is InChI=1S/C19H25NO3/c1-14-19(2,3)16(11-8-12-17(21)23-4)18(22)20(14)13-15-9-6-5-7-10-15/h5-7,9-10,16H,1,8,11-13H2,2-4H3. The smallest absolute Gasteiger partial charge is 0.305 e. The van der Waals surface area contributed by atoms with Gasteiger partial charge in [-0.1, -0.05) is 50.8 Å². The number of hydrogen-bond acceptors (Lipinski definition) is 3. The van der Waals surface area contributed by atoms with Gasteiger partial charge in [0.2, 0.25) is 5.91 Å². The van der Waals surface area contributed by atoms with E-state index in [4.69, 9.17) is 0 Å². The predicted molar refractivity (Wildman–Crippen MR) is 89.3 cm³/mol. The fourth-order valence-electron chi connectivity index (χ4n) is 3.16. The van der Waals surface area contributed by atoms with Crippen LogP contribution in [0.4, 0.5) is 0 Å². The number of esters is 1. The zero-order valence-electron chi connectivity index (χ0n) is 14.2. The van der Waals surface area contributed by atoms with E-state index in [2.05, 4.69) is 25.2 Å². The maximum atomic E-state index is 12.8.